The summed E-state index contributed by atoms with van der Waals surface area (Å²) in [6.45, 7) is 3.59. The molecule has 1 unspecified atom stereocenters. The molecule has 0 bridgehead atoms. The highest BCUT2D eigenvalue weighted by Gasteiger charge is 2.22. The molecule has 3 N–H and O–H groups in total. The molecule has 5 heteroatoms. The fourth-order valence-corrected chi connectivity index (χ4v) is 2.69. The van der Waals surface area contributed by atoms with E-state index >= 15 is 0 Å². The molecule has 0 radical (unpaired) electrons. The molecule has 0 amide bonds. The Morgan fingerprint density at radius 2 is 1.80 bits per heavy atom. The van der Waals surface area contributed by atoms with Crippen LogP contribution >= 0.6 is 15.9 Å². The minimum Gasteiger partial charge on any atom is -0.271 e. The van der Waals surface area contributed by atoms with E-state index in [4.69, 9.17) is 5.84 Å². The molecule has 0 aromatic heterocycles. The summed E-state index contributed by atoms with van der Waals surface area (Å²) in [7, 11) is 0. The molecule has 0 spiro atoms. The van der Waals surface area contributed by atoms with Gasteiger partial charge in [-0.25, -0.2) is 14.2 Å². The van der Waals surface area contributed by atoms with E-state index in [1.807, 2.05) is 13.0 Å². The number of rotatable bonds is 3. The number of hydrazine groups is 1. The summed E-state index contributed by atoms with van der Waals surface area (Å²) in [6.07, 6.45) is 0. The lowest BCUT2D eigenvalue weighted by atomic mass is 9.93. The van der Waals surface area contributed by atoms with Gasteiger partial charge in [0, 0.05) is 15.6 Å². The van der Waals surface area contributed by atoms with Crippen molar-refractivity contribution in [3.8, 4) is 0 Å². The topological polar surface area (TPSA) is 38.0 Å². The molecular weight excluding hydrogens is 326 g/mol. The van der Waals surface area contributed by atoms with Gasteiger partial charge < -0.3 is 0 Å². The third-order valence-corrected chi connectivity index (χ3v) is 3.70. The zero-order chi connectivity index (χ0) is 14.9. The maximum Gasteiger partial charge on any atom is 0.129 e. The van der Waals surface area contributed by atoms with Gasteiger partial charge in [-0.2, -0.15) is 0 Å². The lowest BCUT2D eigenvalue weighted by Gasteiger charge is -2.21. The molecule has 0 saturated heterocycles. The van der Waals surface area contributed by atoms with Crippen LogP contribution in [0, 0.1) is 25.5 Å². The average molecular weight is 341 g/mol. The van der Waals surface area contributed by atoms with Gasteiger partial charge in [0.05, 0.1) is 6.04 Å². The Kier molecular flexibility index (Phi) is 4.52. The fraction of sp³-hybridized carbons (Fsp3) is 0.200. The van der Waals surface area contributed by atoms with Crippen LogP contribution in [0.15, 0.2) is 34.8 Å². The summed E-state index contributed by atoms with van der Waals surface area (Å²) in [6, 6.07) is 7.15. The van der Waals surface area contributed by atoms with Gasteiger partial charge in [0.15, 0.2) is 0 Å². The Hall–Kier alpha value is -1.30. The van der Waals surface area contributed by atoms with Gasteiger partial charge in [0.1, 0.15) is 11.6 Å². The zero-order valence-corrected chi connectivity index (χ0v) is 12.8. The molecule has 1 atom stereocenters. The van der Waals surface area contributed by atoms with E-state index in [1.54, 1.807) is 19.1 Å². The maximum atomic E-state index is 14.2. The van der Waals surface area contributed by atoms with Crippen molar-refractivity contribution in [2.24, 2.45) is 5.84 Å². The van der Waals surface area contributed by atoms with Crippen molar-refractivity contribution in [3.05, 3.63) is 68.7 Å². The van der Waals surface area contributed by atoms with Gasteiger partial charge in [-0.3, -0.25) is 5.84 Å². The Balaban J connectivity index is 2.58. The monoisotopic (exact) mass is 340 g/mol. The van der Waals surface area contributed by atoms with E-state index in [0.717, 1.165) is 11.1 Å². The van der Waals surface area contributed by atoms with Crippen molar-refractivity contribution in [2.75, 3.05) is 0 Å². The SMILES string of the molecule is Cc1cc(C)c(C(NN)c2ccc(Br)cc2F)c(F)c1. The summed E-state index contributed by atoms with van der Waals surface area (Å²) in [4.78, 5) is 0. The highest BCUT2D eigenvalue weighted by atomic mass is 79.9. The first-order valence-electron chi connectivity index (χ1n) is 6.11. The minimum absolute atomic E-state index is 0.307. The fourth-order valence-electron chi connectivity index (χ4n) is 2.36. The number of hydrogen-bond acceptors (Lipinski definition) is 2. The smallest absolute Gasteiger partial charge is 0.129 e. The Morgan fingerprint density at radius 3 is 2.35 bits per heavy atom. The largest absolute Gasteiger partial charge is 0.271 e. The molecule has 106 valence electrons. The van der Waals surface area contributed by atoms with E-state index in [1.165, 1.54) is 12.1 Å². The third kappa shape index (κ3) is 2.90. The van der Waals surface area contributed by atoms with Crippen LogP contribution in [0.5, 0.6) is 0 Å². The van der Waals surface area contributed by atoms with E-state index < -0.39 is 17.7 Å². The van der Waals surface area contributed by atoms with Crippen LogP contribution in [0.3, 0.4) is 0 Å². The van der Waals surface area contributed by atoms with Crippen LogP contribution in [0.2, 0.25) is 0 Å². The molecule has 2 nitrogen and oxygen atoms in total. The van der Waals surface area contributed by atoms with Crippen molar-refractivity contribution >= 4 is 15.9 Å². The standard InChI is InChI=1S/C15H15BrF2N2/c1-8-5-9(2)14(13(18)6-8)15(20-19)11-4-3-10(16)7-12(11)17/h3-7,15,20H,19H2,1-2H3. The summed E-state index contributed by atoms with van der Waals surface area (Å²) >= 11 is 3.20. The summed E-state index contributed by atoms with van der Waals surface area (Å²) < 4.78 is 28.9. The predicted octanol–water partition coefficient (Wildman–Crippen LogP) is 3.90. The van der Waals surface area contributed by atoms with E-state index in [2.05, 4.69) is 21.4 Å². The maximum absolute atomic E-state index is 14.2. The number of nitrogens with two attached hydrogens (primary N) is 1. The number of hydrogen-bond donors (Lipinski definition) is 2. The first-order valence-corrected chi connectivity index (χ1v) is 6.91. The van der Waals surface area contributed by atoms with Crippen molar-refractivity contribution < 1.29 is 8.78 Å². The number of halogens is 3. The van der Waals surface area contributed by atoms with Crippen molar-refractivity contribution in [1.29, 1.82) is 0 Å². The minimum atomic E-state index is -0.733. The Morgan fingerprint density at radius 1 is 1.10 bits per heavy atom. The van der Waals surface area contributed by atoms with E-state index in [9.17, 15) is 8.78 Å². The van der Waals surface area contributed by atoms with Crippen molar-refractivity contribution in [3.63, 3.8) is 0 Å². The molecule has 0 heterocycles. The van der Waals surface area contributed by atoms with Crippen LogP contribution in [0.25, 0.3) is 0 Å². The highest BCUT2D eigenvalue weighted by Crippen LogP contribution is 2.30. The van der Waals surface area contributed by atoms with Crippen LogP contribution < -0.4 is 11.3 Å². The van der Waals surface area contributed by atoms with Crippen LogP contribution in [-0.2, 0) is 0 Å². The van der Waals surface area contributed by atoms with Crippen molar-refractivity contribution in [1.82, 2.24) is 5.43 Å². The molecule has 0 aliphatic heterocycles. The zero-order valence-electron chi connectivity index (χ0n) is 11.2. The number of nitrogens with one attached hydrogen (secondary N) is 1. The molecule has 0 aliphatic carbocycles. The van der Waals surface area contributed by atoms with Gasteiger partial charge in [0.25, 0.3) is 0 Å². The molecule has 2 aromatic rings. The summed E-state index contributed by atoms with van der Waals surface area (Å²) in [5.41, 5.74) is 4.71. The highest BCUT2D eigenvalue weighted by molar-refractivity contribution is 9.10. The van der Waals surface area contributed by atoms with Crippen LogP contribution in [0.4, 0.5) is 8.78 Å². The van der Waals surface area contributed by atoms with Gasteiger partial charge in [-0.15, -0.1) is 0 Å². The summed E-state index contributed by atoms with van der Waals surface area (Å²) in [5, 5.41) is 0. The molecule has 2 rings (SSSR count). The van der Waals surface area contributed by atoms with Gasteiger partial charge in [-0.1, -0.05) is 28.1 Å². The molecule has 0 saturated carbocycles. The van der Waals surface area contributed by atoms with Gasteiger partial charge >= 0.3 is 0 Å². The summed E-state index contributed by atoms with van der Waals surface area (Å²) in [5.74, 6) is 4.69. The van der Waals surface area contributed by atoms with E-state index in [0.29, 0.717) is 15.6 Å². The Bertz CT molecular complexity index is 621. The molecule has 2 aromatic carbocycles. The second-order valence-electron chi connectivity index (χ2n) is 4.74. The first kappa shape index (κ1) is 15.1. The quantitative estimate of drug-likeness (QED) is 0.656. The second-order valence-corrected chi connectivity index (χ2v) is 5.66. The average Bonchev–Trinajstić information content (AvgIpc) is 2.34. The van der Waals surface area contributed by atoms with Gasteiger partial charge in [0.2, 0.25) is 0 Å². The van der Waals surface area contributed by atoms with Crippen LogP contribution in [0.1, 0.15) is 28.3 Å². The predicted molar refractivity (Wildman–Crippen MR) is 79.1 cm³/mol. The van der Waals surface area contributed by atoms with E-state index in [-0.39, 0.29) is 0 Å². The van der Waals surface area contributed by atoms with Crippen LogP contribution in [-0.4, -0.2) is 0 Å². The molecule has 20 heavy (non-hydrogen) atoms. The molecule has 0 aliphatic rings. The van der Waals surface area contributed by atoms with Crippen molar-refractivity contribution in [2.45, 2.75) is 19.9 Å². The third-order valence-electron chi connectivity index (χ3n) is 3.21. The second kappa shape index (κ2) is 5.99. The first-order chi connectivity index (χ1) is 9.43. The Labute approximate surface area is 125 Å². The van der Waals surface area contributed by atoms with Gasteiger partial charge in [-0.05, 0) is 43.2 Å². The molecular formula is C15H15BrF2N2. The normalized spacial score (nSPS) is 12.5. The molecule has 0 fully saturated rings. The number of benzene rings is 2. The lowest BCUT2D eigenvalue weighted by Crippen LogP contribution is -2.31. The number of aryl methyl sites for hydroxylation is 2. The lowest BCUT2D eigenvalue weighted by molar-refractivity contribution is 0.528.